The lowest BCUT2D eigenvalue weighted by Crippen LogP contribution is -2.01. The summed E-state index contributed by atoms with van der Waals surface area (Å²) in [6.45, 7) is 0.969. The number of methoxy groups -OCH3 is 1. The summed E-state index contributed by atoms with van der Waals surface area (Å²) in [7, 11) is 1.46. The molecular weight excluding hydrogens is 219 g/mol. The Morgan fingerprint density at radius 2 is 2.18 bits per heavy atom. The maximum atomic E-state index is 13.9. The van der Waals surface area contributed by atoms with E-state index in [4.69, 9.17) is 10.5 Å². The lowest BCUT2D eigenvalue weighted by molar-refractivity contribution is 0.383. The molecule has 0 atom stereocenters. The van der Waals surface area contributed by atoms with Crippen molar-refractivity contribution in [1.29, 1.82) is 0 Å². The molecule has 90 valence electrons. The first-order valence-electron chi connectivity index (χ1n) is 5.40. The van der Waals surface area contributed by atoms with Gasteiger partial charge in [0.2, 0.25) is 0 Å². The van der Waals surface area contributed by atoms with Crippen LogP contribution >= 0.6 is 0 Å². The van der Waals surface area contributed by atoms with E-state index in [0.717, 1.165) is 5.56 Å². The number of nitrogens with two attached hydrogens (primary N) is 1. The maximum Gasteiger partial charge on any atom is 0.170 e. The van der Waals surface area contributed by atoms with Crippen molar-refractivity contribution in [3.63, 3.8) is 0 Å². The monoisotopic (exact) mass is 234 g/mol. The molecule has 1 aromatic heterocycles. The number of halogens is 1. The van der Waals surface area contributed by atoms with Gasteiger partial charge < -0.3 is 15.0 Å². The molecule has 0 saturated heterocycles. The number of benzene rings is 1. The highest BCUT2D eigenvalue weighted by Gasteiger charge is 2.08. The Hall–Kier alpha value is -1.81. The van der Waals surface area contributed by atoms with Crippen LogP contribution in [0.2, 0.25) is 0 Å². The molecule has 0 saturated carbocycles. The van der Waals surface area contributed by atoms with Gasteiger partial charge in [-0.05, 0) is 17.7 Å². The first-order chi connectivity index (χ1) is 8.24. The van der Waals surface area contributed by atoms with Crippen molar-refractivity contribution in [2.24, 2.45) is 5.73 Å². The Bertz CT molecular complexity index is 508. The van der Waals surface area contributed by atoms with Crippen LogP contribution in [-0.4, -0.2) is 11.7 Å². The quantitative estimate of drug-likeness (QED) is 0.880. The van der Waals surface area contributed by atoms with Crippen LogP contribution in [0.3, 0.4) is 0 Å². The Morgan fingerprint density at radius 1 is 1.35 bits per heavy atom. The zero-order valence-electron chi connectivity index (χ0n) is 9.69. The molecule has 0 fully saturated rings. The number of nitrogens with zero attached hydrogens (tertiary/aromatic N) is 1. The summed E-state index contributed by atoms with van der Waals surface area (Å²) in [5.74, 6) is -0.0355. The minimum atomic E-state index is -0.307. The zero-order valence-corrected chi connectivity index (χ0v) is 9.69. The van der Waals surface area contributed by atoms with Gasteiger partial charge in [0.1, 0.15) is 0 Å². The van der Waals surface area contributed by atoms with E-state index in [-0.39, 0.29) is 11.6 Å². The van der Waals surface area contributed by atoms with Crippen LogP contribution in [0.15, 0.2) is 36.7 Å². The van der Waals surface area contributed by atoms with Crippen LogP contribution < -0.4 is 10.5 Å². The first kappa shape index (κ1) is 11.7. The summed E-state index contributed by atoms with van der Waals surface area (Å²) in [4.78, 5) is 0. The second kappa shape index (κ2) is 5.01. The number of ether oxygens (including phenoxy) is 1. The van der Waals surface area contributed by atoms with Crippen LogP contribution in [-0.2, 0) is 13.1 Å². The van der Waals surface area contributed by atoms with Crippen LogP contribution in [0.5, 0.6) is 5.75 Å². The molecule has 0 aliphatic heterocycles. The fourth-order valence-electron chi connectivity index (χ4n) is 1.74. The highest BCUT2D eigenvalue weighted by Crippen LogP contribution is 2.20. The van der Waals surface area contributed by atoms with E-state index >= 15 is 0 Å². The van der Waals surface area contributed by atoms with Crippen molar-refractivity contribution in [2.75, 3.05) is 7.11 Å². The van der Waals surface area contributed by atoms with Gasteiger partial charge in [-0.15, -0.1) is 0 Å². The fourth-order valence-corrected chi connectivity index (χ4v) is 1.74. The van der Waals surface area contributed by atoms with E-state index in [1.165, 1.54) is 7.11 Å². The van der Waals surface area contributed by atoms with Crippen LogP contribution in [0.4, 0.5) is 4.39 Å². The molecule has 3 nitrogen and oxygen atoms in total. The summed E-state index contributed by atoms with van der Waals surface area (Å²) in [6, 6.07) is 7.07. The molecule has 2 aromatic rings. The van der Waals surface area contributed by atoms with Gasteiger partial charge in [-0.3, -0.25) is 0 Å². The standard InChI is InChI=1S/C13H15FN2O/c1-17-12-4-2-3-11(13(12)14)9-16-6-5-10(7-15)8-16/h2-6,8H,7,9,15H2,1H3. The van der Waals surface area contributed by atoms with Gasteiger partial charge in [0.25, 0.3) is 0 Å². The molecule has 0 aliphatic rings. The number of rotatable bonds is 4. The topological polar surface area (TPSA) is 40.2 Å². The maximum absolute atomic E-state index is 13.9. The molecular formula is C13H15FN2O. The van der Waals surface area contributed by atoms with Crippen molar-refractivity contribution in [3.8, 4) is 5.75 Å². The van der Waals surface area contributed by atoms with E-state index < -0.39 is 0 Å². The molecule has 0 aliphatic carbocycles. The van der Waals surface area contributed by atoms with Crippen LogP contribution in [0.25, 0.3) is 0 Å². The third-order valence-electron chi connectivity index (χ3n) is 2.66. The summed E-state index contributed by atoms with van der Waals surface area (Å²) in [6.07, 6.45) is 3.81. The minimum absolute atomic E-state index is 0.272. The molecule has 0 unspecified atom stereocenters. The summed E-state index contributed by atoms with van der Waals surface area (Å²) >= 11 is 0. The number of hydrogen-bond donors (Lipinski definition) is 1. The van der Waals surface area contributed by atoms with E-state index in [2.05, 4.69) is 0 Å². The van der Waals surface area contributed by atoms with Crippen molar-refractivity contribution < 1.29 is 9.13 Å². The van der Waals surface area contributed by atoms with Gasteiger partial charge in [0, 0.05) is 24.5 Å². The highest BCUT2D eigenvalue weighted by molar-refractivity contribution is 5.31. The average molecular weight is 234 g/mol. The van der Waals surface area contributed by atoms with Gasteiger partial charge in [0.05, 0.1) is 13.7 Å². The Morgan fingerprint density at radius 3 is 2.82 bits per heavy atom. The van der Waals surface area contributed by atoms with Gasteiger partial charge in [0.15, 0.2) is 11.6 Å². The second-order valence-corrected chi connectivity index (χ2v) is 3.83. The predicted molar refractivity (Wildman–Crippen MR) is 64.4 cm³/mol. The zero-order chi connectivity index (χ0) is 12.3. The molecule has 1 aromatic carbocycles. The lowest BCUT2D eigenvalue weighted by Gasteiger charge is -2.08. The number of hydrogen-bond acceptors (Lipinski definition) is 2. The SMILES string of the molecule is COc1cccc(Cn2ccc(CN)c2)c1F. The molecule has 0 spiro atoms. The summed E-state index contributed by atoms with van der Waals surface area (Å²) in [5.41, 5.74) is 7.16. The van der Waals surface area contributed by atoms with Crippen molar-refractivity contribution in [1.82, 2.24) is 4.57 Å². The van der Waals surface area contributed by atoms with Crippen molar-refractivity contribution >= 4 is 0 Å². The molecule has 0 bridgehead atoms. The van der Waals surface area contributed by atoms with Gasteiger partial charge in [-0.1, -0.05) is 12.1 Å². The van der Waals surface area contributed by atoms with E-state index in [1.807, 2.05) is 23.0 Å². The third kappa shape index (κ3) is 2.47. The molecule has 0 amide bonds. The average Bonchev–Trinajstić information content (AvgIpc) is 2.79. The normalized spacial score (nSPS) is 10.5. The molecule has 0 radical (unpaired) electrons. The van der Waals surface area contributed by atoms with Crippen LogP contribution in [0, 0.1) is 5.82 Å². The van der Waals surface area contributed by atoms with Gasteiger partial charge >= 0.3 is 0 Å². The molecule has 1 heterocycles. The Kier molecular flexibility index (Phi) is 3.44. The predicted octanol–water partition coefficient (Wildman–Crippen LogP) is 2.14. The third-order valence-corrected chi connectivity index (χ3v) is 2.66. The largest absolute Gasteiger partial charge is 0.494 e. The summed E-state index contributed by atoms with van der Waals surface area (Å²) in [5, 5.41) is 0. The van der Waals surface area contributed by atoms with E-state index in [1.54, 1.807) is 18.2 Å². The molecule has 2 N–H and O–H groups in total. The molecule has 2 rings (SSSR count). The minimum Gasteiger partial charge on any atom is -0.494 e. The Labute approximate surface area is 99.6 Å². The van der Waals surface area contributed by atoms with Crippen molar-refractivity contribution in [2.45, 2.75) is 13.1 Å². The fraction of sp³-hybridized carbons (Fsp3) is 0.231. The smallest absolute Gasteiger partial charge is 0.170 e. The molecule has 17 heavy (non-hydrogen) atoms. The second-order valence-electron chi connectivity index (χ2n) is 3.83. The summed E-state index contributed by atoms with van der Waals surface area (Å²) < 4.78 is 20.7. The van der Waals surface area contributed by atoms with E-state index in [0.29, 0.717) is 18.7 Å². The highest BCUT2D eigenvalue weighted by atomic mass is 19.1. The van der Waals surface area contributed by atoms with Gasteiger partial charge in [-0.25, -0.2) is 4.39 Å². The van der Waals surface area contributed by atoms with Crippen molar-refractivity contribution in [3.05, 3.63) is 53.6 Å². The molecule has 4 heteroatoms. The van der Waals surface area contributed by atoms with E-state index in [9.17, 15) is 4.39 Å². The first-order valence-corrected chi connectivity index (χ1v) is 5.40. The number of aromatic nitrogens is 1. The van der Waals surface area contributed by atoms with Gasteiger partial charge in [-0.2, -0.15) is 0 Å². The Balaban J connectivity index is 2.23. The van der Waals surface area contributed by atoms with Crippen LogP contribution in [0.1, 0.15) is 11.1 Å². The lowest BCUT2D eigenvalue weighted by atomic mass is 10.2.